The lowest BCUT2D eigenvalue weighted by atomic mass is 10.0. The predicted octanol–water partition coefficient (Wildman–Crippen LogP) is 4.35. The Labute approximate surface area is 113 Å². The molecule has 2 rings (SSSR count). The molecule has 1 atom stereocenters. The normalized spacial score (nSPS) is 12.5. The molecule has 0 aliphatic carbocycles. The summed E-state index contributed by atoms with van der Waals surface area (Å²) >= 11 is 11.7. The molecule has 5 heteroatoms. The minimum absolute atomic E-state index is 0.0543. The summed E-state index contributed by atoms with van der Waals surface area (Å²) in [6, 6.07) is 8.46. The van der Waals surface area contributed by atoms with E-state index in [0.717, 1.165) is 6.07 Å². The largest absolute Gasteiger partial charge is 0.383 e. The van der Waals surface area contributed by atoms with Crippen molar-refractivity contribution in [3.05, 3.63) is 69.2 Å². The SMILES string of the molecule is OC(c1ccccc1Cl)c1c(Cl)ccc(F)c1F. The highest BCUT2D eigenvalue weighted by Crippen LogP contribution is 2.34. The summed E-state index contributed by atoms with van der Waals surface area (Å²) in [5.41, 5.74) is -0.0460. The average molecular weight is 289 g/mol. The van der Waals surface area contributed by atoms with E-state index in [0.29, 0.717) is 0 Å². The first-order valence-corrected chi connectivity index (χ1v) is 5.84. The predicted molar refractivity (Wildman–Crippen MR) is 66.9 cm³/mol. The maximum atomic E-state index is 13.7. The molecule has 0 radical (unpaired) electrons. The van der Waals surface area contributed by atoms with E-state index in [1.807, 2.05) is 0 Å². The van der Waals surface area contributed by atoms with Gasteiger partial charge in [-0.05, 0) is 18.2 Å². The maximum absolute atomic E-state index is 13.7. The summed E-state index contributed by atoms with van der Waals surface area (Å²) in [7, 11) is 0. The van der Waals surface area contributed by atoms with Gasteiger partial charge in [-0.25, -0.2) is 8.78 Å². The van der Waals surface area contributed by atoms with Gasteiger partial charge in [0.25, 0.3) is 0 Å². The van der Waals surface area contributed by atoms with Gasteiger partial charge in [-0.2, -0.15) is 0 Å². The van der Waals surface area contributed by atoms with Crippen molar-refractivity contribution in [2.24, 2.45) is 0 Å². The van der Waals surface area contributed by atoms with Gasteiger partial charge in [0.15, 0.2) is 11.6 Å². The standard InChI is InChI=1S/C13H8Cl2F2O/c14-8-4-2-1-3-7(8)13(18)11-9(15)5-6-10(16)12(11)17/h1-6,13,18H. The second kappa shape index (κ2) is 5.22. The third kappa shape index (κ3) is 2.34. The van der Waals surface area contributed by atoms with Crippen LogP contribution in [0.2, 0.25) is 10.0 Å². The van der Waals surface area contributed by atoms with Crippen molar-refractivity contribution in [1.29, 1.82) is 0 Å². The highest BCUT2D eigenvalue weighted by molar-refractivity contribution is 6.32. The van der Waals surface area contributed by atoms with Crippen LogP contribution < -0.4 is 0 Å². The van der Waals surface area contributed by atoms with E-state index < -0.39 is 17.7 Å². The molecule has 0 saturated carbocycles. The zero-order chi connectivity index (χ0) is 13.3. The Kier molecular flexibility index (Phi) is 3.85. The van der Waals surface area contributed by atoms with Gasteiger partial charge < -0.3 is 5.11 Å². The number of aliphatic hydroxyl groups excluding tert-OH is 1. The van der Waals surface area contributed by atoms with Gasteiger partial charge in [0.05, 0.1) is 0 Å². The first-order chi connectivity index (χ1) is 8.52. The van der Waals surface area contributed by atoms with Crippen molar-refractivity contribution in [2.75, 3.05) is 0 Å². The number of hydrogen-bond acceptors (Lipinski definition) is 1. The average Bonchev–Trinajstić information content (AvgIpc) is 2.35. The Balaban J connectivity index is 2.56. The fourth-order valence-corrected chi connectivity index (χ4v) is 2.13. The smallest absolute Gasteiger partial charge is 0.166 e. The second-order valence-corrected chi connectivity index (χ2v) is 4.50. The van der Waals surface area contributed by atoms with Crippen LogP contribution in [0.25, 0.3) is 0 Å². The number of rotatable bonds is 2. The molecule has 18 heavy (non-hydrogen) atoms. The minimum atomic E-state index is -1.41. The lowest BCUT2D eigenvalue weighted by Gasteiger charge is -2.15. The third-order valence-corrected chi connectivity index (χ3v) is 3.23. The van der Waals surface area contributed by atoms with Crippen molar-refractivity contribution in [1.82, 2.24) is 0 Å². The van der Waals surface area contributed by atoms with E-state index in [9.17, 15) is 13.9 Å². The molecule has 2 aromatic carbocycles. The summed E-state index contributed by atoms with van der Waals surface area (Å²) in [4.78, 5) is 0. The highest BCUT2D eigenvalue weighted by Gasteiger charge is 2.22. The van der Waals surface area contributed by atoms with E-state index in [2.05, 4.69) is 0 Å². The number of aliphatic hydroxyl groups is 1. The third-order valence-electron chi connectivity index (χ3n) is 2.55. The molecule has 1 nitrogen and oxygen atoms in total. The molecule has 0 aliphatic heterocycles. The quantitative estimate of drug-likeness (QED) is 0.815. The van der Waals surface area contributed by atoms with Crippen LogP contribution in [0.4, 0.5) is 8.78 Å². The van der Waals surface area contributed by atoms with E-state index in [1.165, 1.54) is 12.1 Å². The summed E-state index contributed by atoms with van der Waals surface area (Å²) in [6.45, 7) is 0. The number of hydrogen-bond donors (Lipinski definition) is 1. The molecule has 0 aromatic heterocycles. The van der Waals surface area contributed by atoms with Crippen molar-refractivity contribution in [3.63, 3.8) is 0 Å². The summed E-state index contributed by atoms with van der Waals surface area (Å²) < 4.78 is 26.8. The van der Waals surface area contributed by atoms with Gasteiger partial charge >= 0.3 is 0 Å². The van der Waals surface area contributed by atoms with Crippen LogP contribution in [-0.4, -0.2) is 5.11 Å². The molecule has 0 spiro atoms. The van der Waals surface area contributed by atoms with Crippen LogP contribution in [0.5, 0.6) is 0 Å². The first-order valence-electron chi connectivity index (χ1n) is 5.08. The van der Waals surface area contributed by atoms with Crippen molar-refractivity contribution in [2.45, 2.75) is 6.10 Å². The van der Waals surface area contributed by atoms with Crippen molar-refractivity contribution < 1.29 is 13.9 Å². The molecule has 0 fully saturated rings. The molecule has 0 aliphatic rings. The van der Waals surface area contributed by atoms with Gasteiger partial charge in [0, 0.05) is 21.2 Å². The van der Waals surface area contributed by atoms with E-state index in [4.69, 9.17) is 23.2 Å². The van der Waals surface area contributed by atoms with E-state index in [-0.39, 0.29) is 21.2 Å². The molecule has 0 saturated heterocycles. The summed E-state index contributed by atoms with van der Waals surface area (Å²) in [6.07, 6.45) is -1.41. The van der Waals surface area contributed by atoms with Crippen LogP contribution in [0.1, 0.15) is 17.2 Å². The van der Waals surface area contributed by atoms with Crippen LogP contribution in [0.15, 0.2) is 36.4 Å². The van der Waals surface area contributed by atoms with Gasteiger partial charge in [0.2, 0.25) is 0 Å². The van der Waals surface area contributed by atoms with Crippen LogP contribution in [-0.2, 0) is 0 Å². The Hall–Kier alpha value is -1.16. The Morgan fingerprint density at radius 1 is 0.944 bits per heavy atom. The Morgan fingerprint density at radius 3 is 2.28 bits per heavy atom. The monoisotopic (exact) mass is 288 g/mol. The molecule has 1 N–H and O–H groups in total. The molecule has 94 valence electrons. The zero-order valence-corrected chi connectivity index (χ0v) is 10.5. The van der Waals surface area contributed by atoms with Crippen molar-refractivity contribution >= 4 is 23.2 Å². The molecule has 2 aromatic rings. The summed E-state index contributed by atoms with van der Waals surface area (Å²) in [5.74, 6) is -2.24. The van der Waals surface area contributed by atoms with Gasteiger partial charge in [0.1, 0.15) is 6.10 Å². The molecular formula is C13H8Cl2F2O. The Morgan fingerprint density at radius 2 is 1.61 bits per heavy atom. The zero-order valence-electron chi connectivity index (χ0n) is 9.00. The molecular weight excluding hydrogens is 281 g/mol. The fourth-order valence-electron chi connectivity index (χ4n) is 1.65. The second-order valence-electron chi connectivity index (χ2n) is 3.68. The van der Waals surface area contributed by atoms with E-state index in [1.54, 1.807) is 18.2 Å². The first kappa shape index (κ1) is 13.3. The molecule has 0 heterocycles. The van der Waals surface area contributed by atoms with Crippen LogP contribution >= 0.6 is 23.2 Å². The lowest BCUT2D eigenvalue weighted by molar-refractivity contribution is 0.213. The topological polar surface area (TPSA) is 20.2 Å². The molecule has 1 unspecified atom stereocenters. The highest BCUT2D eigenvalue weighted by atomic mass is 35.5. The minimum Gasteiger partial charge on any atom is -0.383 e. The van der Waals surface area contributed by atoms with Gasteiger partial charge in [-0.3, -0.25) is 0 Å². The van der Waals surface area contributed by atoms with Gasteiger partial charge in [-0.1, -0.05) is 41.4 Å². The molecule has 0 bridgehead atoms. The molecule has 0 amide bonds. The Bertz CT molecular complexity index is 587. The fraction of sp³-hybridized carbons (Fsp3) is 0.0769. The number of halogens is 4. The van der Waals surface area contributed by atoms with E-state index >= 15 is 0 Å². The van der Waals surface area contributed by atoms with Crippen molar-refractivity contribution in [3.8, 4) is 0 Å². The van der Waals surface area contributed by atoms with Crippen LogP contribution in [0, 0.1) is 11.6 Å². The number of benzene rings is 2. The van der Waals surface area contributed by atoms with Gasteiger partial charge in [-0.15, -0.1) is 0 Å². The maximum Gasteiger partial charge on any atom is 0.166 e. The lowest BCUT2D eigenvalue weighted by Crippen LogP contribution is -2.06. The van der Waals surface area contributed by atoms with Crippen LogP contribution in [0.3, 0.4) is 0 Å². The summed E-state index contributed by atoms with van der Waals surface area (Å²) in [5, 5.41) is 10.3.